The lowest BCUT2D eigenvalue weighted by Gasteiger charge is -2.21. The first-order valence-electron chi connectivity index (χ1n) is 10.3. The average Bonchev–Trinajstić information content (AvgIpc) is 3.43. The van der Waals surface area contributed by atoms with Crippen LogP contribution in [-0.2, 0) is 10.7 Å². The van der Waals surface area contributed by atoms with E-state index in [-0.39, 0.29) is 11.3 Å². The molecule has 1 atom stereocenters. The molecule has 34 heavy (non-hydrogen) atoms. The molecule has 4 rings (SSSR count). The molecule has 0 spiro atoms. The number of amides is 1. The summed E-state index contributed by atoms with van der Waals surface area (Å²) in [6.45, 7) is 2.67. The van der Waals surface area contributed by atoms with Crippen LogP contribution in [0.4, 0.5) is 17.6 Å². The zero-order valence-corrected chi connectivity index (χ0v) is 18.5. The number of benzene rings is 2. The Hall–Kier alpha value is -3.82. The van der Waals surface area contributed by atoms with E-state index in [9.17, 15) is 22.4 Å². The molecule has 0 unspecified atom stereocenters. The Labute approximate surface area is 191 Å². The first-order valence-corrected chi connectivity index (χ1v) is 10.3. The van der Waals surface area contributed by atoms with E-state index in [1.165, 1.54) is 42.1 Å². The predicted octanol–water partition coefficient (Wildman–Crippen LogP) is 6.04. The van der Waals surface area contributed by atoms with Gasteiger partial charge in [0.1, 0.15) is 12.3 Å². The molecule has 0 radical (unpaired) electrons. The molecule has 176 valence electrons. The van der Waals surface area contributed by atoms with Crippen LogP contribution in [0, 0.1) is 0 Å². The van der Waals surface area contributed by atoms with Gasteiger partial charge in [0.05, 0.1) is 17.9 Å². The minimum atomic E-state index is -3.65. The van der Waals surface area contributed by atoms with Crippen molar-refractivity contribution in [2.24, 2.45) is 4.99 Å². The number of aliphatic imine (C=N–C) groups is 1. The van der Waals surface area contributed by atoms with E-state index in [1.54, 1.807) is 18.5 Å². The summed E-state index contributed by atoms with van der Waals surface area (Å²) >= 11 is 0. The van der Waals surface area contributed by atoms with Gasteiger partial charge in [0, 0.05) is 36.1 Å². The number of halogens is 4. The second kappa shape index (κ2) is 8.51. The number of fused-ring (bicyclic) bond motifs is 1. The van der Waals surface area contributed by atoms with Crippen LogP contribution in [0.25, 0.3) is 22.0 Å². The minimum Gasteiger partial charge on any atom is -0.364 e. The maximum Gasteiger partial charge on any atom is 0.324 e. The minimum absolute atomic E-state index is 0.0376. The monoisotopic (exact) mass is 472 g/mol. The molecule has 0 bridgehead atoms. The van der Waals surface area contributed by atoms with Gasteiger partial charge in [0.2, 0.25) is 0 Å². The van der Waals surface area contributed by atoms with Gasteiger partial charge >= 0.3 is 11.8 Å². The third-order valence-corrected chi connectivity index (χ3v) is 5.39. The lowest BCUT2D eigenvalue weighted by Crippen LogP contribution is -2.26. The third-order valence-electron chi connectivity index (χ3n) is 5.39. The van der Waals surface area contributed by atoms with E-state index in [0.29, 0.717) is 18.0 Å². The second-order valence-corrected chi connectivity index (χ2v) is 8.14. The topological polar surface area (TPSA) is 73.3 Å². The quantitative estimate of drug-likeness (QED) is 0.254. The molecular formula is C24H20F4N4O2. The molecule has 0 fully saturated rings. The number of nitrogens with zero attached hydrogens (tertiary/aromatic N) is 4. The Morgan fingerprint density at radius 3 is 2.32 bits per heavy atom. The SMILES string of the molecule is CC(=NC(=O)C(C)(F)F)[C@H](c1ccc(C(C)(F)F)cc1)n1ncc2cc(-c3cnoc3)ccc21. The summed E-state index contributed by atoms with van der Waals surface area (Å²) in [6, 6.07) is 9.95. The van der Waals surface area contributed by atoms with E-state index >= 15 is 0 Å². The molecule has 0 aliphatic carbocycles. The van der Waals surface area contributed by atoms with Crippen LogP contribution in [0.5, 0.6) is 0 Å². The van der Waals surface area contributed by atoms with Crippen molar-refractivity contribution in [2.75, 3.05) is 0 Å². The zero-order valence-electron chi connectivity index (χ0n) is 18.5. The smallest absolute Gasteiger partial charge is 0.324 e. The fourth-order valence-corrected chi connectivity index (χ4v) is 3.62. The number of hydrogen-bond donors (Lipinski definition) is 0. The maximum absolute atomic E-state index is 13.7. The number of hydrogen-bond acceptors (Lipinski definition) is 4. The molecule has 2 aromatic carbocycles. The van der Waals surface area contributed by atoms with Crippen molar-refractivity contribution < 1.29 is 26.9 Å². The average molecular weight is 472 g/mol. The number of rotatable bonds is 6. The van der Waals surface area contributed by atoms with Gasteiger partial charge < -0.3 is 4.52 Å². The van der Waals surface area contributed by atoms with Gasteiger partial charge in [0.25, 0.3) is 5.92 Å². The van der Waals surface area contributed by atoms with Gasteiger partial charge in [-0.3, -0.25) is 9.48 Å². The van der Waals surface area contributed by atoms with Gasteiger partial charge in [-0.05, 0) is 30.2 Å². The van der Waals surface area contributed by atoms with Crippen LogP contribution in [-0.4, -0.2) is 32.5 Å². The van der Waals surface area contributed by atoms with Crippen molar-refractivity contribution >= 4 is 22.5 Å². The Morgan fingerprint density at radius 1 is 1.03 bits per heavy atom. The van der Waals surface area contributed by atoms with Crippen LogP contribution in [0.1, 0.15) is 37.9 Å². The maximum atomic E-state index is 13.7. The molecule has 1 amide bonds. The number of carbonyl (C=O) groups is 1. The number of carbonyl (C=O) groups excluding carboxylic acids is 1. The fourth-order valence-electron chi connectivity index (χ4n) is 3.62. The Bertz CT molecular complexity index is 1350. The molecule has 0 N–H and O–H groups in total. The van der Waals surface area contributed by atoms with E-state index in [1.807, 2.05) is 12.1 Å². The summed E-state index contributed by atoms with van der Waals surface area (Å²) in [7, 11) is 0. The Kier molecular flexibility index (Phi) is 5.84. The van der Waals surface area contributed by atoms with E-state index in [0.717, 1.165) is 23.4 Å². The Balaban J connectivity index is 1.83. The van der Waals surface area contributed by atoms with Crippen molar-refractivity contribution in [1.82, 2.24) is 14.9 Å². The van der Waals surface area contributed by atoms with E-state index in [2.05, 4.69) is 15.2 Å². The standard InChI is InChI=1S/C24H20F4N4O2/c1-14(31-22(33)24(3,27)28)21(15-4-7-19(8-5-15)23(2,25)26)32-20-9-6-16(10-17(20)11-29-32)18-12-30-34-13-18/h4-13,21H,1-3H3/t21-/m1/s1. The normalized spacial score (nSPS) is 13.9. The lowest BCUT2D eigenvalue weighted by atomic mass is 9.99. The van der Waals surface area contributed by atoms with Crippen molar-refractivity contribution in [3.63, 3.8) is 0 Å². The molecule has 4 aromatic rings. The number of alkyl halides is 4. The van der Waals surface area contributed by atoms with Crippen LogP contribution in [0.2, 0.25) is 0 Å². The van der Waals surface area contributed by atoms with Crippen LogP contribution >= 0.6 is 0 Å². The molecule has 0 saturated carbocycles. The van der Waals surface area contributed by atoms with Gasteiger partial charge in [-0.1, -0.05) is 35.5 Å². The number of aromatic nitrogens is 3. The highest BCUT2D eigenvalue weighted by molar-refractivity contribution is 6.01. The van der Waals surface area contributed by atoms with Gasteiger partial charge in [-0.25, -0.2) is 13.8 Å². The highest BCUT2D eigenvalue weighted by atomic mass is 19.3. The summed E-state index contributed by atoms with van der Waals surface area (Å²) < 4.78 is 60.9. The summed E-state index contributed by atoms with van der Waals surface area (Å²) in [6.07, 6.45) is 4.64. The van der Waals surface area contributed by atoms with Crippen molar-refractivity contribution in [2.45, 2.75) is 38.7 Å². The summed E-state index contributed by atoms with van der Waals surface area (Å²) in [4.78, 5) is 15.5. The fraction of sp³-hybridized carbons (Fsp3) is 0.250. The van der Waals surface area contributed by atoms with Crippen LogP contribution in [0.15, 0.2) is 70.6 Å². The molecule has 6 nitrogen and oxygen atoms in total. The molecule has 0 aliphatic rings. The lowest BCUT2D eigenvalue weighted by molar-refractivity contribution is -0.139. The van der Waals surface area contributed by atoms with Gasteiger partial charge in [-0.2, -0.15) is 13.9 Å². The van der Waals surface area contributed by atoms with E-state index < -0.39 is 23.8 Å². The van der Waals surface area contributed by atoms with Gasteiger partial charge in [0.15, 0.2) is 0 Å². The zero-order chi connectivity index (χ0) is 24.7. The first kappa shape index (κ1) is 23.3. The predicted molar refractivity (Wildman–Crippen MR) is 118 cm³/mol. The van der Waals surface area contributed by atoms with Crippen LogP contribution in [0.3, 0.4) is 0 Å². The molecule has 10 heteroatoms. The second-order valence-electron chi connectivity index (χ2n) is 8.14. The Morgan fingerprint density at radius 2 is 1.74 bits per heavy atom. The molecule has 0 aliphatic heterocycles. The molecule has 0 saturated heterocycles. The summed E-state index contributed by atoms with van der Waals surface area (Å²) in [5.41, 5.74) is 2.50. The van der Waals surface area contributed by atoms with Crippen molar-refractivity contribution in [3.05, 3.63) is 72.2 Å². The molecule has 2 aromatic heterocycles. The van der Waals surface area contributed by atoms with Crippen LogP contribution < -0.4 is 0 Å². The van der Waals surface area contributed by atoms with Crippen molar-refractivity contribution in [1.29, 1.82) is 0 Å². The van der Waals surface area contributed by atoms with E-state index in [4.69, 9.17) is 4.52 Å². The summed E-state index contributed by atoms with van der Waals surface area (Å²) in [5.74, 6) is -8.30. The molecule has 2 heterocycles. The van der Waals surface area contributed by atoms with Crippen molar-refractivity contribution in [3.8, 4) is 11.1 Å². The van der Waals surface area contributed by atoms with Gasteiger partial charge in [-0.15, -0.1) is 0 Å². The third kappa shape index (κ3) is 4.61. The summed E-state index contributed by atoms with van der Waals surface area (Å²) in [5, 5.41) is 8.82. The molecular weight excluding hydrogens is 452 g/mol. The largest absolute Gasteiger partial charge is 0.364 e. The highest BCUT2D eigenvalue weighted by Gasteiger charge is 2.33. The highest BCUT2D eigenvalue weighted by Crippen LogP contribution is 2.32. The first-order chi connectivity index (χ1) is 15.9.